The summed E-state index contributed by atoms with van der Waals surface area (Å²) in [6.45, 7) is 2.61. The summed E-state index contributed by atoms with van der Waals surface area (Å²) in [4.78, 5) is 4.12. The number of nitrogens with zero attached hydrogens (tertiary/aromatic N) is 1. The van der Waals surface area contributed by atoms with Gasteiger partial charge in [0, 0.05) is 35.6 Å². The maximum absolute atomic E-state index is 5.85. The van der Waals surface area contributed by atoms with E-state index in [1.54, 1.807) is 13.3 Å². The summed E-state index contributed by atoms with van der Waals surface area (Å²) in [6.07, 6.45) is 1.70. The van der Waals surface area contributed by atoms with E-state index in [2.05, 4.69) is 10.3 Å². The normalized spacial score (nSPS) is 11.5. The second-order valence-electron chi connectivity index (χ2n) is 3.85. The zero-order chi connectivity index (χ0) is 12.0. The number of pyridine rings is 1. The molecular formula is C11H16Cl2N2O. The minimum atomic E-state index is -0.274. The van der Waals surface area contributed by atoms with Crippen LogP contribution in [0.15, 0.2) is 18.3 Å². The van der Waals surface area contributed by atoms with E-state index in [4.69, 9.17) is 27.9 Å². The number of nitrogens with one attached hydrogen (secondary N) is 1. The van der Waals surface area contributed by atoms with Gasteiger partial charge in [-0.15, -0.1) is 23.2 Å². The highest BCUT2D eigenvalue weighted by Gasteiger charge is 2.21. The molecular weight excluding hydrogens is 247 g/mol. The summed E-state index contributed by atoms with van der Waals surface area (Å²) >= 11 is 11.7. The lowest BCUT2D eigenvalue weighted by molar-refractivity contribution is 0.381. The van der Waals surface area contributed by atoms with Crippen LogP contribution in [0.2, 0.25) is 0 Å². The molecule has 1 N–H and O–H groups in total. The monoisotopic (exact) mass is 262 g/mol. The average molecular weight is 263 g/mol. The number of aromatic nitrogens is 1. The van der Waals surface area contributed by atoms with Gasteiger partial charge in [-0.1, -0.05) is 6.07 Å². The number of alkyl halides is 2. The Kier molecular flexibility index (Phi) is 5.32. The van der Waals surface area contributed by atoms with Crippen molar-refractivity contribution in [1.29, 1.82) is 0 Å². The molecule has 16 heavy (non-hydrogen) atoms. The van der Waals surface area contributed by atoms with Crippen LogP contribution < -0.4 is 10.1 Å². The summed E-state index contributed by atoms with van der Waals surface area (Å²) in [5, 5.41) is 3.30. The molecule has 5 heteroatoms. The van der Waals surface area contributed by atoms with E-state index in [1.807, 2.05) is 19.1 Å². The Morgan fingerprint density at radius 2 is 2.12 bits per heavy atom. The van der Waals surface area contributed by atoms with E-state index >= 15 is 0 Å². The number of methoxy groups -OCH3 is 1. The molecule has 0 radical (unpaired) electrons. The van der Waals surface area contributed by atoms with Crippen molar-refractivity contribution in [3.05, 3.63) is 23.9 Å². The first kappa shape index (κ1) is 13.6. The summed E-state index contributed by atoms with van der Waals surface area (Å²) in [5.41, 5.74) is 0.718. The second kappa shape index (κ2) is 6.28. The fourth-order valence-corrected chi connectivity index (χ4v) is 1.66. The third-order valence-electron chi connectivity index (χ3n) is 2.34. The van der Waals surface area contributed by atoms with Gasteiger partial charge in [-0.2, -0.15) is 0 Å². The van der Waals surface area contributed by atoms with E-state index in [9.17, 15) is 0 Å². The van der Waals surface area contributed by atoms with Crippen LogP contribution in [-0.4, -0.2) is 29.4 Å². The predicted molar refractivity (Wildman–Crippen MR) is 67.5 cm³/mol. The molecule has 1 aromatic rings. The van der Waals surface area contributed by atoms with Crippen LogP contribution in [0.1, 0.15) is 12.5 Å². The van der Waals surface area contributed by atoms with Gasteiger partial charge in [0.15, 0.2) is 0 Å². The zero-order valence-corrected chi connectivity index (χ0v) is 11.0. The zero-order valence-electron chi connectivity index (χ0n) is 9.46. The lowest BCUT2D eigenvalue weighted by Crippen LogP contribution is -2.45. The van der Waals surface area contributed by atoms with Crippen LogP contribution in [-0.2, 0) is 6.54 Å². The first-order valence-electron chi connectivity index (χ1n) is 5.00. The van der Waals surface area contributed by atoms with Crippen molar-refractivity contribution >= 4 is 23.2 Å². The molecule has 0 aromatic carbocycles. The van der Waals surface area contributed by atoms with Crippen molar-refractivity contribution in [3.63, 3.8) is 0 Å². The van der Waals surface area contributed by atoms with Gasteiger partial charge in [-0.3, -0.25) is 0 Å². The van der Waals surface area contributed by atoms with Gasteiger partial charge < -0.3 is 10.1 Å². The molecule has 0 aliphatic heterocycles. The molecule has 1 rings (SSSR count). The minimum Gasteiger partial charge on any atom is -0.481 e. The van der Waals surface area contributed by atoms with Crippen molar-refractivity contribution < 1.29 is 4.74 Å². The number of rotatable bonds is 6. The summed E-state index contributed by atoms with van der Waals surface area (Å²) < 4.78 is 5.16. The Bertz CT molecular complexity index is 330. The van der Waals surface area contributed by atoms with Gasteiger partial charge in [-0.05, 0) is 13.0 Å². The molecule has 1 heterocycles. The topological polar surface area (TPSA) is 34.1 Å². The Morgan fingerprint density at radius 1 is 1.44 bits per heavy atom. The second-order valence-corrected chi connectivity index (χ2v) is 4.39. The summed E-state index contributed by atoms with van der Waals surface area (Å²) in [5.74, 6) is 1.54. The average Bonchev–Trinajstić information content (AvgIpc) is 2.36. The minimum absolute atomic E-state index is 0.274. The molecule has 0 unspecified atom stereocenters. The molecule has 0 saturated heterocycles. The molecule has 90 valence electrons. The first-order chi connectivity index (χ1) is 7.65. The number of hydrogen-bond donors (Lipinski definition) is 1. The molecule has 0 saturated carbocycles. The molecule has 0 amide bonds. The fourth-order valence-electron chi connectivity index (χ4n) is 1.18. The van der Waals surface area contributed by atoms with Crippen molar-refractivity contribution in [2.75, 3.05) is 18.9 Å². The largest absolute Gasteiger partial charge is 0.481 e. The lowest BCUT2D eigenvalue weighted by Gasteiger charge is -2.26. The molecule has 0 aliphatic rings. The molecule has 0 bridgehead atoms. The van der Waals surface area contributed by atoms with Crippen molar-refractivity contribution in [2.24, 2.45) is 0 Å². The van der Waals surface area contributed by atoms with Gasteiger partial charge >= 0.3 is 0 Å². The van der Waals surface area contributed by atoms with Crippen LogP contribution in [0.3, 0.4) is 0 Å². The number of hydrogen-bond acceptors (Lipinski definition) is 3. The maximum atomic E-state index is 5.85. The summed E-state index contributed by atoms with van der Waals surface area (Å²) in [7, 11) is 1.61. The van der Waals surface area contributed by atoms with Gasteiger partial charge in [-0.25, -0.2) is 4.98 Å². The van der Waals surface area contributed by atoms with E-state index in [0.717, 1.165) is 5.56 Å². The van der Waals surface area contributed by atoms with Gasteiger partial charge in [0.05, 0.1) is 7.11 Å². The molecule has 3 nitrogen and oxygen atoms in total. The van der Waals surface area contributed by atoms with E-state index < -0.39 is 0 Å². The van der Waals surface area contributed by atoms with Gasteiger partial charge in [0.25, 0.3) is 0 Å². The highest BCUT2D eigenvalue weighted by molar-refractivity contribution is 6.22. The lowest BCUT2D eigenvalue weighted by atomic mass is 10.1. The van der Waals surface area contributed by atoms with Crippen LogP contribution >= 0.6 is 23.2 Å². The predicted octanol–water partition coefficient (Wildman–Crippen LogP) is 2.42. The molecule has 0 aliphatic carbocycles. The Balaban J connectivity index is 2.67. The smallest absolute Gasteiger partial charge is 0.217 e. The number of halogens is 2. The third-order valence-corrected chi connectivity index (χ3v) is 3.52. The molecule has 0 fully saturated rings. The van der Waals surface area contributed by atoms with Crippen LogP contribution in [0.25, 0.3) is 0 Å². The Morgan fingerprint density at radius 3 is 2.69 bits per heavy atom. The highest BCUT2D eigenvalue weighted by Crippen LogP contribution is 2.16. The third kappa shape index (κ3) is 3.51. The van der Waals surface area contributed by atoms with Crippen molar-refractivity contribution in [3.8, 4) is 5.88 Å². The van der Waals surface area contributed by atoms with Gasteiger partial charge in [0.2, 0.25) is 5.88 Å². The highest BCUT2D eigenvalue weighted by atomic mass is 35.5. The number of ether oxygens (including phenoxy) is 1. The maximum Gasteiger partial charge on any atom is 0.217 e. The van der Waals surface area contributed by atoms with Gasteiger partial charge in [0.1, 0.15) is 0 Å². The Hall–Kier alpha value is -0.510. The standard InChI is InChI=1S/C11H16Cl2N2O/c1-11(7-12,8-13)15-6-9-4-3-5-14-10(9)16-2/h3-5,15H,6-8H2,1-2H3. The van der Waals surface area contributed by atoms with Crippen LogP contribution in [0, 0.1) is 0 Å². The van der Waals surface area contributed by atoms with E-state index in [1.165, 1.54) is 0 Å². The van der Waals surface area contributed by atoms with Crippen LogP contribution in [0.4, 0.5) is 0 Å². The first-order valence-corrected chi connectivity index (χ1v) is 6.07. The summed E-state index contributed by atoms with van der Waals surface area (Å²) in [6, 6.07) is 3.83. The van der Waals surface area contributed by atoms with Crippen LogP contribution in [0.5, 0.6) is 5.88 Å². The SMILES string of the molecule is COc1ncccc1CNC(C)(CCl)CCl. The quantitative estimate of drug-likeness (QED) is 0.800. The molecule has 0 atom stereocenters. The van der Waals surface area contributed by atoms with E-state index in [-0.39, 0.29) is 5.54 Å². The van der Waals surface area contributed by atoms with E-state index in [0.29, 0.717) is 24.2 Å². The Labute approximate surface area is 106 Å². The van der Waals surface area contributed by atoms with Crippen molar-refractivity contribution in [2.45, 2.75) is 19.0 Å². The molecule has 1 aromatic heterocycles. The van der Waals surface area contributed by atoms with Crippen molar-refractivity contribution in [1.82, 2.24) is 10.3 Å². The molecule has 0 spiro atoms. The fraction of sp³-hybridized carbons (Fsp3) is 0.545.